The van der Waals surface area contributed by atoms with Crippen molar-refractivity contribution >= 4 is 50.5 Å². The van der Waals surface area contributed by atoms with Gasteiger partial charge in [0.05, 0.1) is 15.6 Å². The number of sulfonamides is 1. The lowest BCUT2D eigenvalue weighted by Crippen LogP contribution is -2.38. The third kappa shape index (κ3) is 4.98. The lowest BCUT2D eigenvalue weighted by atomic mass is 10.1. The molecule has 1 atom stereocenters. The highest BCUT2D eigenvalue weighted by Gasteiger charge is 2.36. The third-order valence-electron chi connectivity index (χ3n) is 5.72. The van der Waals surface area contributed by atoms with Crippen molar-refractivity contribution in [1.82, 2.24) is 4.31 Å². The predicted octanol–water partition coefficient (Wildman–Crippen LogP) is 5.99. The number of nitriles is 1. The molecular weight excluding hydrogens is 501 g/mol. The van der Waals surface area contributed by atoms with Gasteiger partial charge < -0.3 is 4.90 Å². The van der Waals surface area contributed by atoms with Crippen molar-refractivity contribution < 1.29 is 8.42 Å². The van der Waals surface area contributed by atoms with Crippen LogP contribution in [0.4, 0.5) is 5.69 Å². The molecule has 170 valence electrons. The Hall–Kier alpha value is -2.27. The summed E-state index contributed by atoms with van der Waals surface area (Å²) < 4.78 is 28.0. The van der Waals surface area contributed by atoms with Gasteiger partial charge in [-0.2, -0.15) is 9.57 Å². The number of hydrogen-bond acceptors (Lipinski definition) is 4. The molecule has 0 saturated carbocycles. The zero-order valence-electron chi connectivity index (χ0n) is 17.5. The van der Waals surface area contributed by atoms with Crippen LogP contribution in [0, 0.1) is 11.3 Å². The van der Waals surface area contributed by atoms with Crippen LogP contribution < -0.4 is 4.90 Å². The summed E-state index contributed by atoms with van der Waals surface area (Å²) in [6, 6.07) is 21.2. The first-order valence-electron chi connectivity index (χ1n) is 10.3. The van der Waals surface area contributed by atoms with Gasteiger partial charge in [-0.1, -0.05) is 65.1 Å². The fourth-order valence-electron chi connectivity index (χ4n) is 3.99. The van der Waals surface area contributed by atoms with Gasteiger partial charge in [-0.3, -0.25) is 0 Å². The molecule has 0 bridgehead atoms. The topological polar surface area (TPSA) is 64.4 Å². The molecule has 0 aromatic heterocycles. The van der Waals surface area contributed by atoms with E-state index >= 15 is 0 Å². The van der Waals surface area contributed by atoms with Gasteiger partial charge in [-0.25, -0.2) is 8.42 Å². The molecule has 3 aromatic carbocycles. The van der Waals surface area contributed by atoms with E-state index in [-0.39, 0.29) is 22.5 Å². The van der Waals surface area contributed by atoms with Gasteiger partial charge in [0.2, 0.25) is 10.0 Å². The first-order valence-corrected chi connectivity index (χ1v) is 12.8. The quantitative estimate of drug-likeness (QED) is 0.400. The van der Waals surface area contributed by atoms with E-state index < -0.39 is 10.0 Å². The monoisotopic (exact) mass is 519 g/mol. The minimum absolute atomic E-state index is 0.103. The summed E-state index contributed by atoms with van der Waals surface area (Å²) in [6.45, 7) is 1.11. The Kier molecular flexibility index (Phi) is 7.18. The average molecular weight is 521 g/mol. The van der Waals surface area contributed by atoms with Crippen molar-refractivity contribution in [3.8, 4) is 6.07 Å². The first-order chi connectivity index (χ1) is 15.8. The Morgan fingerprint density at radius 3 is 2.33 bits per heavy atom. The molecule has 0 unspecified atom stereocenters. The van der Waals surface area contributed by atoms with Crippen LogP contribution in [0.3, 0.4) is 0 Å². The molecule has 0 N–H and O–H groups in total. The molecule has 1 aliphatic heterocycles. The van der Waals surface area contributed by atoms with E-state index in [1.54, 1.807) is 30.3 Å². The molecule has 33 heavy (non-hydrogen) atoms. The smallest absolute Gasteiger partial charge is 0.244 e. The largest absolute Gasteiger partial charge is 0.363 e. The Balaban J connectivity index is 1.67. The summed E-state index contributed by atoms with van der Waals surface area (Å²) in [5.74, 6) is 0. The molecule has 9 heteroatoms. The second-order valence-corrected chi connectivity index (χ2v) is 10.9. The van der Waals surface area contributed by atoms with E-state index in [1.165, 1.54) is 10.4 Å². The van der Waals surface area contributed by atoms with Crippen molar-refractivity contribution in [1.29, 1.82) is 5.26 Å². The van der Waals surface area contributed by atoms with Crippen molar-refractivity contribution in [3.05, 3.63) is 92.9 Å². The fourth-order valence-corrected chi connectivity index (χ4v) is 6.39. The van der Waals surface area contributed by atoms with Crippen LogP contribution in [0.2, 0.25) is 15.1 Å². The minimum atomic E-state index is -3.74. The summed E-state index contributed by atoms with van der Waals surface area (Å²) in [4.78, 5) is 2.20. The number of hydrogen-bond donors (Lipinski definition) is 0. The molecule has 5 nitrogen and oxygen atoms in total. The molecule has 1 fully saturated rings. The van der Waals surface area contributed by atoms with Crippen LogP contribution in [-0.2, 0) is 16.6 Å². The summed E-state index contributed by atoms with van der Waals surface area (Å²) in [5.41, 5.74) is 2.08. The minimum Gasteiger partial charge on any atom is -0.363 e. The van der Waals surface area contributed by atoms with Crippen LogP contribution in [0.15, 0.2) is 71.6 Å². The number of benzene rings is 3. The zero-order valence-corrected chi connectivity index (χ0v) is 20.5. The number of nitrogens with zero attached hydrogens (tertiary/aromatic N) is 3. The van der Waals surface area contributed by atoms with Crippen LogP contribution in [-0.4, -0.2) is 31.9 Å². The van der Waals surface area contributed by atoms with Gasteiger partial charge in [-0.15, -0.1) is 0 Å². The second-order valence-electron chi connectivity index (χ2n) is 7.73. The van der Waals surface area contributed by atoms with Crippen molar-refractivity contribution in [2.75, 3.05) is 18.0 Å². The van der Waals surface area contributed by atoms with E-state index in [0.717, 1.165) is 11.3 Å². The van der Waals surface area contributed by atoms with E-state index in [9.17, 15) is 13.7 Å². The number of anilines is 1. The summed E-state index contributed by atoms with van der Waals surface area (Å²) in [7, 11) is -3.74. The highest BCUT2D eigenvalue weighted by atomic mass is 35.5. The highest BCUT2D eigenvalue weighted by Crippen LogP contribution is 2.33. The predicted molar refractivity (Wildman–Crippen MR) is 132 cm³/mol. The lowest BCUT2D eigenvalue weighted by Gasteiger charge is -2.32. The maximum absolute atomic E-state index is 13.3. The first kappa shape index (κ1) is 23.9. The maximum Gasteiger partial charge on any atom is 0.244 e. The standard InChI is InChI=1S/C24H20Cl3N3O2S/c25-21-6-2-1-5-18(21)15-30(19-10-9-17(14-28)23(27)13-19)20-11-12-29(16-20)33(31,32)24-8-4-3-7-22(24)26/h1-10,13,20H,11-12,15-16H2/t20-/m0/s1. The van der Waals surface area contributed by atoms with Crippen LogP contribution in [0.5, 0.6) is 0 Å². The normalized spacial score (nSPS) is 16.5. The summed E-state index contributed by atoms with van der Waals surface area (Å²) in [5, 5.41) is 10.4. The molecule has 0 aliphatic carbocycles. The van der Waals surface area contributed by atoms with Crippen LogP contribution in [0.1, 0.15) is 17.5 Å². The van der Waals surface area contributed by atoms with E-state index in [0.29, 0.717) is 35.1 Å². The number of rotatable bonds is 6. The van der Waals surface area contributed by atoms with Gasteiger partial charge in [0.25, 0.3) is 0 Å². The highest BCUT2D eigenvalue weighted by molar-refractivity contribution is 7.89. The summed E-state index contributed by atoms with van der Waals surface area (Å²) >= 11 is 18.9. The van der Waals surface area contributed by atoms with Gasteiger partial charge in [0, 0.05) is 36.4 Å². The molecule has 4 rings (SSSR count). The molecule has 0 radical (unpaired) electrons. The Morgan fingerprint density at radius 1 is 0.970 bits per heavy atom. The lowest BCUT2D eigenvalue weighted by molar-refractivity contribution is 0.468. The molecule has 3 aromatic rings. The average Bonchev–Trinajstić information content (AvgIpc) is 3.29. The van der Waals surface area contributed by atoms with Crippen LogP contribution >= 0.6 is 34.8 Å². The van der Waals surface area contributed by atoms with Gasteiger partial charge >= 0.3 is 0 Å². The second kappa shape index (κ2) is 9.92. The van der Waals surface area contributed by atoms with E-state index in [2.05, 4.69) is 11.0 Å². The molecule has 1 aliphatic rings. The van der Waals surface area contributed by atoms with Gasteiger partial charge in [0.1, 0.15) is 11.0 Å². The van der Waals surface area contributed by atoms with E-state index in [1.807, 2.05) is 30.3 Å². The zero-order chi connectivity index (χ0) is 23.6. The van der Waals surface area contributed by atoms with Crippen molar-refractivity contribution in [2.24, 2.45) is 0 Å². The van der Waals surface area contributed by atoms with E-state index in [4.69, 9.17) is 34.8 Å². The van der Waals surface area contributed by atoms with Gasteiger partial charge in [0.15, 0.2) is 0 Å². The van der Waals surface area contributed by atoms with Crippen molar-refractivity contribution in [3.63, 3.8) is 0 Å². The summed E-state index contributed by atoms with van der Waals surface area (Å²) in [6.07, 6.45) is 0.617. The van der Waals surface area contributed by atoms with Gasteiger partial charge in [-0.05, 0) is 48.4 Å². The third-order valence-corrected chi connectivity index (χ3v) is 8.77. The van der Waals surface area contributed by atoms with Crippen LogP contribution in [0.25, 0.3) is 0 Å². The molecule has 0 amide bonds. The maximum atomic E-state index is 13.3. The Morgan fingerprint density at radius 2 is 1.67 bits per heavy atom. The molecule has 1 saturated heterocycles. The SMILES string of the molecule is N#Cc1ccc(N(Cc2ccccc2Cl)[C@H]2CCN(S(=O)(=O)c3ccccc3Cl)C2)cc1Cl. The van der Waals surface area contributed by atoms with Crippen molar-refractivity contribution in [2.45, 2.75) is 23.9 Å². The molecule has 0 spiro atoms. The Bertz CT molecular complexity index is 1320. The number of halogens is 3. The fraction of sp³-hybridized carbons (Fsp3) is 0.208. The molecular formula is C24H20Cl3N3O2S. The Labute approximate surface area is 208 Å². The molecule has 1 heterocycles.